The summed E-state index contributed by atoms with van der Waals surface area (Å²) in [7, 11) is 0. The Hall–Kier alpha value is -2.93. The van der Waals surface area contributed by atoms with E-state index >= 15 is 0 Å². The molecule has 0 fully saturated rings. The Morgan fingerprint density at radius 1 is 1.24 bits per heavy atom. The molecule has 2 aromatic carbocycles. The third-order valence-corrected chi connectivity index (χ3v) is 5.15. The van der Waals surface area contributed by atoms with Gasteiger partial charge in [-0.05, 0) is 54.6 Å². The molecule has 7 nitrogen and oxygen atoms in total. The zero-order valence-electron chi connectivity index (χ0n) is 16.3. The Morgan fingerprint density at radius 2 is 2.00 bits per heavy atom. The van der Waals surface area contributed by atoms with Crippen molar-refractivity contribution in [2.24, 2.45) is 0 Å². The Morgan fingerprint density at radius 3 is 2.79 bits per heavy atom. The first-order valence-electron chi connectivity index (χ1n) is 9.51. The number of carbonyl (C=O) groups excluding carboxylic acids is 1. The molecule has 0 bridgehead atoms. The number of nitrogens with one attached hydrogen (secondary N) is 1. The molecule has 1 aliphatic heterocycles. The highest BCUT2D eigenvalue weighted by Gasteiger charge is 2.34. The summed E-state index contributed by atoms with van der Waals surface area (Å²) in [5.41, 5.74) is 1.51. The third-order valence-electron chi connectivity index (χ3n) is 4.90. The van der Waals surface area contributed by atoms with Crippen LogP contribution in [0.2, 0.25) is 5.02 Å². The molecule has 0 aliphatic carbocycles. The molecule has 0 radical (unpaired) electrons. The van der Waals surface area contributed by atoms with Crippen molar-refractivity contribution in [2.45, 2.75) is 44.9 Å². The van der Waals surface area contributed by atoms with E-state index in [9.17, 15) is 4.79 Å². The Kier molecular flexibility index (Phi) is 5.24. The lowest BCUT2D eigenvalue weighted by molar-refractivity contribution is -0.122. The Bertz CT molecular complexity index is 1020. The summed E-state index contributed by atoms with van der Waals surface area (Å²) in [5.74, 6) is 1.37. The van der Waals surface area contributed by atoms with Crippen molar-refractivity contribution in [3.63, 3.8) is 0 Å². The van der Waals surface area contributed by atoms with Gasteiger partial charge in [0, 0.05) is 29.0 Å². The number of para-hydroxylation sites is 1. The first-order chi connectivity index (χ1) is 13.9. The smallest absolute Gasteiger partial charge is 0.222 e. The van der Waals surface area contributed by atoms with Crippen LogP contribution in [0.15, 0.2) is 48.5 Å². The van der Waals surface area contributed by atoms with Gasteiger partial charge in [0.15, 0.2) is 5.82 Å². The van der Waals surface area contributed by atoms with Crippen LogP contribution in [0.3, 0.4) is 0 Å². The highest BCUT2D eigenvalue weighted by molar-refractivity contribution is 6.30. The van der Waals surface area contributed by atoms with Crippen LogP contribution in [-0.2, 0) is 11.3 Å². The van der Waals surface area contributed by atoms with Gasteiger partial charge in [0.1, 0.15) is 11.4 Å². The maximum absolute atomic E-state index is 12.7. The summed E-state index contributed by atoms with van der Waals surface area (Å²) in [5, 5.41) is 15.6. The number of hydrogen-bond acceptors (Lipinski definition) is 5. The summed E-state index contributed by atoms with van der Waals surface area (Å²) in [6, 6.07) is 15.0. The molecule has 1 aliphatic rings. The maximum atomic E-state index is 12.7. The fourth-order valence-corrected chi connectivity index (χ4v) is 3.69. The molecule has 8 heteroatoms. The predicted molar refractivity (Wildman–Crippen MR) is 110 cm³/mol. The molecule has 1 atom stereocenters. The van der Waals surface area contributed by atoms with Crippen molar-refractivity contribution in [1.82, 2.24) is 25.5 Å². The zero-order valence-corrected chi connectivity index (χ0v) is 17.1. The summed E-state index contributed by atoms with van der Waals surface area (Å²) in [4.78, 5) is 12.7. The second-order valence-electron chi connectivity index (χ2n) is 7.71. The number of hydrogen-bond donors (Lipinski definition) is 1. The normalized spacial score (nSPS) is 17.3. The number of amides is 1. The SMILES string of the molecule is CC1(C)CC(NC(=O)CCn2nnnc2-c2ccc(Cl)cc2)c2ccccc2O1. The first kappa shape index (κ1) is 19.4. The molecule has 1 aromatic heterocycles. The number of ether oxygens (including phenoxy) is 1. The molecule has 0 spiro atoms. The minimum absolute atomic E-state index is 0.0555. The van der Waals surface area contributed by atoms with Crippen LogP contribution in [0.4, 0.5) is 0 Å². The van der Waals surface area contributed by atoms with Gasteiger partial charge in [-0.15, -0.1) is 5.10 Å². The average Bonchev–Trinajstić information content (AvgIpc) is 3.15. The number of fused-ring (bicyclic) bond motifs is 1. The molecular weight excluding hydrogens is 390 g/mol. The quantitative estimate of drug-likeness (QED) is 0.690. The number of halogens is 1. The van der Waals surface area contributed by atoms with E-state index < -0.39 is 0 Å². The average molecular weight is 412 g/mol. The van der Waals surface area contributed by atoms with Crippen LogP contribution in [0.25, 0.3) is 11.4 Å². The van der Waals surface area contributed by atoms with Gasteiger partial charge < -0.3 is 10.1 Å². The van der Waals surface area contributed by atoms with E-state index in [-0.39, 0.29) is 24.0 Å². The monoisotopic (exact) mass is 411 g/mol. The van der Waals surface area contributed by atoms with E-state index in [1.807, 2.05) is 50.2 Å². The molecular formula is C21H22ClN5O2. The number of carbonyl (C=O) groups is 1. The zero-order chi connectivity index (χ0) is 20.4. The van der Waals surface area contributed by atoms with Gasteiger partial charge in [-0.1, -0.05) is 29.8 Å². The number of aromatic nitrogens is 4. The van der Waals surface area contributed by atoms with Crippen molar-refractivity contribution in [2.75, 3.05) is 0 Å². The second-order valence-corrected chi connectivity index (χ2v) is 8.14. The summed E-state index contributed by atoms with van der Waals surface area (Å²) >= 11 is 5.94. The molecule has 0 saturated carbocycles. The Balaban J connectivity index is 1.43. The van der Waals surface area contributed by atoms with E-state index in [2.05, 4.69) is 20.8 Å². The highest BCUT2D eigenvalue weighted by Crippen LogP contribution is 2.39. The van der Waals surface area contributed by atoms with Crippen LogP contribution < -0.4 is 10.1 Å². The fraction of sp³-hybridized carbons (Fsp3) is 0.333. The summed E-state index contributed by atoms with van der Waals surface area (Å²) in [6.07, 6.45) is 0.974. The van der Waals surface area contributed by atoms with Crippen molar-refractivity contribution in [3.8, 4) is 17.1 Å². The van der Waals surface area contributed by atoms with Crippen LogP contribution in [0.5, 0.6) is 5.75 Å². The van der Waals surface area contributed by atoms with Crippen LogP contribution in [0, 0.1) is 0 Å². The van der Waals surface area contributed by atoms with E-state index in [1.165, 1.54) is 0 Å². The van der Waals surface area contributed by atoms with Gasteiger partial charge in [0.25, 0.3) is 0 Å². The van der Waals surface area contributed by atoms with Crippen molar-refractivity contribution in [3.05, 3.63) is 59.1 Å². The number of rotatable bonds is 5. The molecule has 150 valence electrons. The number of aryl methyl sites for hydroxylation is 1. The molecule has 29 heavy (non-hydrogen) atoms. The minimum Gasteiger partial charge on any atom is -0.487 e. The van der Waals surface area contributed by atoms with E-state index in [1.54, 1.807) is 16.8 Å². The van der Waals surface area contributed by atoms with Crippen molar-refractivity contribution < 1.29 is 9.53 Å². The third kappa shape index (κ3) is 4.40. The van der Waals surface area contributed by atoms with E-state index in [0.29, 0.717) is 23.8 Å². The number of tetrazole rings is 1. The molecule has 1 amide bonds. The predicted octanol–water partition coefficient (Wildman–Crippen LogP) is 3.80. The lowest BCUT2D eigenvalue weighted by Gasteiger charge is -2.37. The first-order valence-corrected chi connectivity index (χ1v) is 9.88. The van der Waals surface area contributed by atoms with Crippen LogP contribution >= 0.6 is 11.6 Å². The van der Waals surface area contributed by atoms with Crippen molar-refractivity contribution in [1.29, 1.82) is 0 Å². The standard InChI is InChI=1S/C21H22ClN5O2/c1-21(2)13-17(16-5-3-4-6-18(16)29-21)23-19(28)11-12-27-20(24-25-26-27)14-7-9-15(22)10-8-14/h3-10,17H,11-13H2,1-2H3,(H,23,28). The summed E-state index contributed by atoms with van der Waals surface area (Å²) < 4.78 is 7.66. The second kappa shape index (κ2) is 7.83. The van der Waals surface area contributed by atoms with Gasteiger partial charge in [-0.25, -0.2) is 4.68 Å². The van der Waals surface area contributed by atoms with Gasteiger partial charge in [0.2, 0.25) is 5.91 Å². The van der Waals surface area contributed by atoms with Gasteiger partial charge in [-0.3, -0.25) is 4.79 Å². The van der Waals surface area contributed by atoms with E-state index in [4.69, 9.17) is 16.3 Å². The van der Waals surface area contributed by atoms with Crippen LogP contribution in [-0.4, -0.2) is 31.7 Å². The molecule has 4 rings (SSSR count). The number of nitrogens with zero attached hydrogens (tertiary/aromatic N) is 4. The van der Waals surface area contributed by atoms with Crippen LogP contribution in [0.1, 0.15) is 38.3 Å². The van der Waals surface area contributed by atoms with Gasteiger partial charge >= 0.3 is 0 Å². The minimum atomic E-state index is -0.343. The molecule has 1 N–H and O–H groups in total. The highest BCUT2D eigenvalue weighted by atomic mass is 35.5. The maximum Gasteiger partial charge on any atom is 0.222 e. The lowest BCUT2D eigenvalue weighted by Crippen LogP contribution is -2.41. The van der Waals surface area contributed by atoms with Gasteiger partial charge in [-0.2, -0.15) is 0 Å². The fourth-order valence-electron chi connectivity index (χ4n) is 3.57. The summed E-state index contributed by atoms with van der Waals surface area (Å²) in [6.45, 7) is 4.44. The number of benzene rings is 2. The van der Waals surface area contributed by atoms with E-state index in [0.717, 1.165) is 16.9 Å². The molecule has 2 heterocycles. The largest absolute Gasteiger partial charge is 0.487 e. The van der Waals surface area contributed by atoms with Crippen molar-refractivity contribution >= 4 is 17.5 Å². The molecule has 0 saturated heterocycles. The molecule has 3 aromatic rings. The van der Waals surface area contributed by atoms with Gasteiger partial charge in [0.05, 0.1) is 12.6 Å². The topological polar surface area (TPSA) is 81.9 Å². The Labute approximate surface area is 174 Å². The molecule has 1 unspecified atom stereocenters. The lowest BCUT2D eigenvalue weighted by atomic mass is 9.89.